The van der Waals surface area contributed by atoms with Crippen molar-refractivity contribution in [1.29, 1.82) is 0 Å². The van der Waals surface area contributed by atoms with Gasteiger partial charge >= 0.3 is 0 Å². The molecule has 0 bridgehead atoms. The van der Waals surface area contributed by atoms with Crippen LogP contribution in [0.4, 0.5) is 0 Å². The van der Waals surface area contributed by atoms with Crippen LogP contribution in [0.3, 0.4) is 0 Å². The molecule has 2 heterocycles. The molecule has 0 aromatic rings. The standard InChI is InChI=1S/C16H30N2OS/c1-16(2,3)15(19)18-10-7-11-20-13-14(18)12-17-8-5-4-6-9-17/h14H,4-13H2,1-3H3. The van der Waals surface area contributed by atoms with Gasteiger partial charge in [0.05, 0.1) is 6.04 Å². The highest BCUT2D eigenvalue weighted by molar-refractivity contribution is 7.99. The Hall–Kier alpha value is -0.220. The topological polar surface area (TPSA) is 23.6 Å². The molecule has 2 saturated heterocycles. The van der Waals surface area contributed by atoms with Crippen molar-refractivity contribution in [3.63, 3.8) is 0 Å². The number of amides is 1. The molecule has 2 aliphatic rings. The van der Waals surface area contributed by atoms with E-state index >= 15 is 0 Å². The summed E-state index contributed by atoms with van der Waals surface area (Å²) < 4.78 is 0. The number of hydrogen-bond acceptors (Lipinski definition) is 3. The Balaban J connectivity index is 2.02. The third kappa shape index (κ3) is 4.39. The molecule has 0 radical (unpaired) electrons. The minimum absolute atomic E-state index is 0.255. The first-order valence-electron chi connectivity index (χ1n) is 8.09. The van der Waals surface area contributed by atoms with Crippen molar-refractivity contribution in [2.45, 2.75) is 52.5 Å². The zero-order valence-corrected chi connectivity index (χ0v) is 14.2. The van der Waals surface area contributed by atoms with Gasteiger partial charge in [-0.3, -0.25) is 4.79 Å². The normalized spacial score (nSPS) is 26.4. The van der Waals surface area contributed by atoms with Crippen molar-refractivity contribution in [1.82, 2.24) is 9.80 Å². The van der Waals surface area contributed by atoms with Crippen LogP contribution >= 0.6 is 11.8 Å². The highest BCUT2D eigenvalue weighted by Crippen LogP contribution is 2.25. The predicted molar refractivity (Wildman–Crippen MR) is 87.2 cm³/mol. The van der Waals surface area contributed by atoms with Gasteiger partial charge in [0.2, 0.25) is 5.91 Å². The van der Waals surface area contributed by atoms with Crippen LogP contribution in [0, 0.1) is 5.41 Å². The van der Waals surface area contributed by atoms with E-state index < -0.39 is 0 Å². The van der Waals surface area contributed by atoms with Crippen LogP contribution in [0.25, 0.3) is 0 Å². The smallest absolute Gasteiger partial charge is 0.228 e. The quantitative estimate of drug-likeness (QED) is 0.783. The summed E-state index contributed by atoms with van der Waals surface area (Å²) in [6.07, 6.45) is 5.17. The average molecular weight is 298 g/mol. The number of thioether (sulfide) groups is 1. The Morgan fingerprint density at radius 2 is 1.80 bits per heavy atom. The largest absolute Gasteiger partial charge is 0.337 e. The van der Waals surface area contributed by atoms with E-state index in [0.717, 1.165) is 25.3 Å². The minimum atomic E-state index is -0.255. The fourth-order valence-electron chi connectivity index (χ4n) is 3.12. The van der Waals surface area contributed by atoms with E-state index in [-0.39, 0.29) is 5.41 Å². The Bertz CT molecular complexity index is 321. The zero-order valence-electron chi connectivity index (χ0n) is 13.4. The molecule has 2 aliphatic heterocycles. The van der Waals surface area contributed by atoms with Crippen molar-refractivity contribution >= 4 is 17.7 Å². The summed E-state index contributed by atoms with van der Waals surface area (Å²) >= 11 is 2.02. The maximum absolute atomic E-state index is 12.7. The second-order valence-corrected chi connectivity index (χ2v) is 8.34. The molecule has 1 atom stereocenters. The van der Waals surface area contributed by atoms with Gasteiger partial charge in [-0.1, -0.05) is 27.2 Å². The minimum Gasteiger partial charge on any atom is -0.337 e. The van der Waals surface area contributed by atoms with Crippen LogP contribution in [0.15, 0.2) is 0 Å². The van der Waals surface area contributed by atoms with Crippen molar-refractivity contribution in [2.24, 2.45) is 5.41 Å². The number of hydrogen-bond donors (Lipinski definition) is 0. The first-order chi connectivity index (χ1) is 9.48. The van der Waals surface area contributed by atoms with Crippen molar-refractivity contribution < 1.29 is 4.79 Å². The van der Waals surface area contributed by atoms with Crippen LogP contribution in [0.1, 0.15) is 46.5 Å². The van der Waals surface area contributed by atoms with E-state index in [1.165, 1.54) is 38.1 Å². The van der Waals surface area contributed by atoms with Crippen molar-refractivity contribution in [3.8, 4) is 0 Å². The number of carbonyl (C=O) groups excluding carboxylic acids is 1. The van der Waals surface area contributed by atoms with Crippen LogP contribution in [0.5, 0.6) is 0 Å². The summed E-state index contributed by atoms with van der Waals surface area (Å²) in [7, 11) is 0. The van der Waals surface area contributed by atoms with Gasteiger partial charge in [0.15, 0.2) is 0 Å². The lowest BCUT2D eigenvalue weighted by atomic mass is 9.93. The van der Waals surface area contributed by atoms with E-state index in [1.807, 2.05) is 32.5 Å². The van der Waals surface area contributed by atoms with E-state index in [1.54, 1.807) is 0 Å². The molecule has 0 aromatic heterocycles. The number of likely N-dealkylation sites (tertiary alicyclic amines) is 1. The number of carbonyl (C=O) groups is 1. The molecule has 2 fully saturated rings. The molecular formula is C16H30N2OS. The summed E-state index contributed by atoms with van der Waals surface area (Å²) in [5.74, 6) is 2.64. The Morgan fingerprint density at radius 1 is 1.10 bits per heavy atom. The fourth-order valence-corrected chi connectivity index (χ4v) is 4.18. The summed E-state index contributed by atoms with van der Waals surface area (Å²) in [4.78, 5) is 17.5. The second kappa shape index (κ2) is 7.17. The van der Waals surface area contributed by atoms with Gasteiger partial charge in [-0.2, -0.15) is 11.8 Å². The highest BCUT2D eigenvalue weighted by atomic mass is 32.2. The maximum Gasteiger partial charge on any atom is 0.228 e. The lowest BCUT2D eigenvalue weighted by molar-refractivity contribution is -0.141. The van der Waals surface area contributed by atoms with E-state index in [4.69, 9.17) is 0 Å². The predicted octanol–water partition coefficient (Wildman–Crippen LogP) is 2.85. The molecule has 20 heavy (non-hydrogen) atoms. The summed E-state index contributed by atoms with van der Waals surface area (Å²) in [5.41, 5.74) is -0.255. The Morgan fingerprint density at radius 3 is 2.45 bits per heavy atom. The third-order valence-electron chi connectivity index (χ3n) is 4.26. The molecule has 0 N–H and O–H groups in total. The Kier molecular flexibility index (Phi) is 5.79. The molecule has 2 rings (SSSR count). The van der Waals surface area contributed by atoms with Gasteiger partial charge in [0.1, 0.15) is 0 Å². The van der Waals surface area contributed by atoms with Gasteiger partial charge in [-0.05, 0) is 38.1 Å². The van der Waals surface area contributed by atoms with Gasteiger partial charge in [0.25, 0.3) is 0 Å². The summed E-state index contributed by atoms with van der Waals surface area (Å²) in [6, 6.07) is 0.410. The Labute approximate surface area is 128 Å². The van der Waals surface area contributed by atoms with Crippen molar-refractivity contribution in [3.05, 3.63) is 0 Å². The van der Waals surface area contributed by atoms with Gasteiger partial charge in [-0.25, -0.2) is 0 Å². The number of nitrogens with zero attached hydrogens (tertiary/aromatic N) is 2. The van der Waals surface area contributed by atoms with E-state index in [2.05, 4.69) is 9.80 Å². The third-order valence-corrected chi connectivity index (χ3v) is 5.46. The molecule has 4 heteroatoms. The summed E-state index contributed by atoms with van der Waals surface area (Å²) in [6.45, 7) is 10.6. The molecule has 0 saturated carbocycles. The molecule has 1 unspecified atom stereocenters. The maximum atomic E-state index is 12.7. The molecular weight excluding hydrogens is 268 g/mol. The van der Waals surface area contributed by atoms with Gasteiger partial charge < -0.3 is 9.80 Å². The second-order valence-electron chi connectivity index (χ2n) is 7.19. The first-order valence-corrected chi connectivity index (χ1v) is 9.25. The SMILES string of the molecule is CC(C)(C)C(=O)N1CCCSCC1CN1CCCCC1. The first kappa shape index (κ1) is 16.2. The average Bonchev–Trinajstić information content (AvgIpc) is 2.63. The molecule has 0 aliphatic carbocycles. The van der Waals surface area contributed by atoms with E-state index in [0.29, 0.717) is 11.9 Å². The van der Waals surface area contributed by atoms with Crippen LogP contribution < -0.4 is 0 Å². The molecule has 0 aromatic carbocycles. The monoisotopic (exact) mass is 298 g/mol. The van der Waals surface area contributed by atoms with Gasteiger partial charge in [-0.15, -0.1) is 0 Å². The number of rotatable bonds is 2. The fraction of sp³-hybridized carbons (Fsp3) is 0.938. The molecule has 3 nitrogen and oxygen atoms in total. The molecule has 116 valence electrons. The number of piperidine rings is 1. The van der Waals surface area contributed by atoms with Crippen LogP contribution in [0.2, 0.25) is 0 Å². The van der Waals surface area contributed by atoms with Crippen LogP contribution in [-0.4, -0.2) is 59.4 Å². The zero-order chi connectivity index (χ0) is 14.6. The van der Waals surface area contributed by atoms with E-state index in [9.17, 15) is 4.79 Å². The summed E-state index contributed by atoms with van der Waals surface area (Å²) in [5, 5.41) is 0. The molecule has 1 amide bonds. The van der Waals surface area contributed by atoms with Crippen molar-refractivity contribution in [2.75, 3.05) is 37.7 Å². The highest BCUT2D eigenvalue weighted by Gasteiger charge is 2.33. The lowest BCUT2D eigenvalue weighted by Gasteiger charge is -2.38. The molecule has 0 spiro atoms. The lowest BCUT2D eigenvalue weighted by Crippen LogP contribution is -2.52. The van der Waals surface area contributed by atoms with Crippen LogP contribution in [-0.2, 0) is 4.79 Å². The van der Waals surface area contributed by atoms with Gasteiger partial charge in [0, 0.05) is 24.3 Å².